The van der Waals surface area contributed by atoms with E-state index in [2.05, 4.69) is 5.32 Å². The molecule has 1 amide bonds. The summed E-state index contributed by atoms with van der Waals surface area (Å²) in [5.74, 6) is -0.485. The number of methoxy groups -OCH3 is 1. The second-order valence-corrected chi connectivity index (χ2v) is 5.69. The van der Waals surface area contributed by atoms with Gasteiger partial charge < -0.3 is 10.1 Å². The second-order valence-electron chi connectivity index (χ2n) is 5.69. The maximum atomic E-state index is 12.4. The molecule has 0 fully saturated rings. The minimum Gasteiger partial charge on any atom is -0.490 e. The zero-order valence-corrected chi connectivity index (χ0v) is 14.6. The zero-order valence-electron chi connectivity index (χ0n) is 14.6. The van der Waals surface area contributed by atoms with Crippen LogP contribution in [0.4, 0.5) is 11.4 Å². The van der Waals surface area contributed by atoms with Crippen LogP contribution in [0.2, 0.25) is 0 Å². The van der Waals surface area contributed by atoms with E-state index in [9.17, 15) is 20.2 Å². The first-order chi connectivity index (χ1) is 12.3. The SMILES string of the molecule is COc1ccc(/C=C(\C#N)C(=O)Nc2cc(C)cc(C)c2)cc1[N+](=O)[O-]. The Kier molecular flexibility index (Phi) is 5.71. The lowest BCUT2D eigenvalue weighted by molar-refractivity contribution is -0.385. The Morgan fingerprint density at radius 2 is 1.88 bits per heavy atom. The molecule has 132 valence electrons. The van der Waals surface area contributed by atoms with Gasteiger partial charge in [0.15, 0.2) is 5.75 Å². The summed E-state index contributed by atoms with van der Waals surface area (Å²) in [5.41, 5.74) is 2.48. The Morgan fingerprint density at radius 1 is 1.23 bits per heavy atom. The van der Waals surface area contributed by atoms with Gasteiger partial charge in [0.25, 0.3) is 5.91 Å². The summed E-state index contributed by atoms with van der Waals surface area (Å²) in [4.78, 5) is 22.9. The summed E-state index contributed by atoms with van der Waals surface area (Å²) in [6.45, 7) is 3.81. The fourth-order valence-electron chi connectivity index (χ4n) is 2.50. The molecular weight excluding hydrogens is 334 g/mol. The number of nitrogens with one attached hydrogen (secondary N) is 1. The number of benzene rings is 2. The standard InChI is InChI=1S/C19H17N3O4/c1-12-6-13(2)8-16(7-12)21-19(23)15(11-20)9-14-4-5-18(26-3)17(10-14)22(24)25/h4-10H,1-3H3,(H,21,23)/b15-9+. The van der Waals surface area contributed by atoms with Crippen molar-refractivity contribution in [2.75, 3.05) is 12.4 Å². The van der Waals surface area contributed by atoms with E-state index in [1.54, 1.807) is 12.1 Å². The predicted octanol–water partition coefficient (Wildman–Crippen LogP) is 3.77. The normalized spacial score (nSPS) is 10.8. The summed E-state index contributed by atoms with van der Waals surface area (Å²) < 4.78 is 4.94. The third kappa shape index (κ3) is 4.45. The van der Waals surface area contributed by atoms with Crippen LogP contribution in [0.1, 0.15) is 16.7 Å². The van der Waals surface area contributed by atoms with Crippen LogP contribution in [-0.2, 0) is 4.79 Å². The molecule has 1 N–H and O–H groups in total. The van der Waals surface area contributed by atoms with Crippen LogP contribution < -0.4 is 10.1 Å². The lowest BCUT2D eigenvalue weighted by Crippen LogP contribution is -2.13. The van der Waals surface area contributed by atoms with E-state index in [1.165, 1.54) is 31.4 Å². The van der Waals surface area contributed by atoms with Crippen molar-refractivity contribution in [2.45, 2.75) is 13.8 Å². The number of ether oxygens (including phenoxy) is 1. The number of hydrogen-bond acceptors (Lipinski definition) is 5. The summed E-state index contributed by atoms with van der Waals surface area (Å²) >= 11 is 0. The van der Waals surface area contributed by atoms with Crippen molar-refractivity contribution < 1.29 is 14.5 Å². The highest BCUT2D eigenvalue weighted by atomic mass is 16.6. The lowest BCUT2D eigenvalue weighted by atomic mass is 10.1. The van der Waals surface area contributed by atoms with E-state index < -0.39 is 10.8 Å². The molecule has 0 heterocycles. The molecule has 0 saturated carbocycles. The molecule has 0 atom stereocenters. The Balaban J connectivity index is 2.32. The van der Waals surface area contributed by atoms with E-state index in [-0.39, 0.29) is 17.0 Å². The van der Waals surface area contributed by atoms with Crippen LogP contribution in [-0.4, -0.2) is 17.9 Å². The van der Waals surface area contributed by atoms with Gasteiger partial charge in [0.2, 0.25) is 0 Å². The number of nitriles is 1. The number of carbonyl (C=O) groups is 1. The quantitative estimate of drug-likeness (QED) is 0.382. The van der Waals surface area contributed by atoms with E-state index in [4.69, 9.17) is 4.74 Å². The molecule has 0 unspecified atom stereocenters. The summed E-state index contributed by atoms with van der Waals surface area (Å²) in [6, 6.07) is 11.6. The molecule has 7 heteroatoms. The number of aryl methyl sites for hydroxylation is 2. The molecule has 0 aliphatic heterocycles. The van der Waals surface area contributed by atoms with Gasteiger partial charge in [0.05, 0.1) is 12.0 Å². The van der Waals surface area contributed by atoms with Crippen molar-refractivity contribution in [3.05, 3.63) is 68.8 Å². The molecule has 0 aliphatic rings. The highest BCUT2D eigenvalue weighted by molar-refractivity contribution is 6.09. The maximum absolute atomic E-state index is 12.4. The Hall–Kier alpha value is -3.66. The average molecular weight is 351 g/mol. The van der Waals surface area contributed by atoms with Crippen LogP contribution in [0.25, 0.3) is 6.08 Å². The maximum Gasteiger partial charge on any atom is 0.311 e. The number of hydrogen-bond donors (Lipinski definition) is 1. The molecular formula is C19H17N3O4. The third-order valence-corrected chi connectivity index (χ3v) is 3.56. The second kappa shape index (κ2) is 7.94. The van der Waals surface area contributed by atoms with Crippen molar-refractivity contribution in [1.82, 2.24) is 0 Å². The van der Waals surface area contributed by atoms with Gasteiger partial charge in [-0.3, -0.25) is 14.9 Å². The fourth-order valence-corrected chi connectivity index (χ4v) is 2.50. The number of rotatable bonds is 5. The van der Waals surface area contributed by atoms with Gasteiger partial charge in [0.1, 0.15) is 11.6 Å². The van der Waals surface area contributed by atoms with Gasteiger partial charge in [0, 0.05) is 11.8 Å². The van der Waals surface area contributed by atoms with Crippen molar-refractivity contribution >= 4 is 23.4 Å². The Bertz CT molecular complexity index is 922. The molecule has 0 radical (unpaired) electrons. The minimum atomic E-state index is -0.587. The Morgan fingerprint density at radius 3 is 2.42 bits per heavy atom. The first-order valence-electron chi connectivity index (χ1n) is 7.68. The fraction of sp³-hybridized carbons (Fsp3) is 0.158. The number of anilines is 1. The average Bonchev–Trinajstić information content (AvgIpc) is 2.58. The molecule has 26 heavy (non-hydrogen) atoms. The first-order valence-corrected chi connectivity index (χ1v) is 7.68. The van der Waals surface area contributed by atoms with Crippen molar-refractivity contribution in [2.24, 2.45) is 0 Å². The van der Waals surface area contributed by atoms with Gasteiger partial charge in [-0.25, -0.2) is 0 Å². The molecule has 2 aromatic carbocycles. The third-order valence-electron chi connectivity index (χ3n) is 3.56. The Labute approximate surface area is 150 Å². The molecule has 0 aromatic heterocycles. The highest BCUT2D eigenvalue weighted by Crippen LogP contribution is 2.28. The topological polar surface area (TPSA) is 105 Å². The van der Waals surface area contributed by atoms with Crippen LogP contribution >= 0.6 is 0 Å². The predicted molar refractivity (Wildman–Crippen MR) is 97.8 cm³/mol. The number of nitrogens with zero attached hydrogens (tertiary/aromatic N) is 2. The van der Waals surface area contributed by atoms with Crippen LogP contribution in [0.5, 0.6) is 5.75 Å². The molecule has 2 rings (SSSR count). The number of nitro groups is 1. The molecule has 0 bridgehead atoms. The molecule has 2 aromatic rings. The van der Waals surface area contributed by atoms with Crippen molar-refractivity contribution in [1.29, 1.82) is 5.26 Å². The highest BCUT2D eigenvalue weighted by Gasteiger charge is 2.16. The summed E-state index contributed by atoms with van der Waals surface area (Å²) in [6.07, 6.45) is 1.30. The van der Waals surface area contributed by atoms with E-state index in [0.717, 1.165) is 11.1 Å². The van der Waals surface area contributed by atoms with Gasteiger partial charge in [-0.1, -0.05) is 12.1 Å². The van der Waals surface area contributed by atoms with Gasteiger partial charge in [-0.05, 0) is 54.8 Å². The van der Waals surface area contributed by atoms with Crippen molar-refractivity contribution in [3.8, 4) is 11.8 Å². The van der Waals surface area contributed by atoms with E-state index >= 15 is 0 Å². The van der Waals surface area contributed by atoms with E-state index in [1.807, 2.05) is 26.0 Å². The van der Waals surface area contributed by atoms with Crippen LogP contribution in [0.15, 0.2) is 42.0 Å². The lowest BCUT2D eigenvalue weighted by Gasteiger charge is -2.07. The van der Waals surface area contributed by atoms with Gasteiger partial charge in [-0.2, -0.15) is 5.26 Å². The van der Waals surface area contributed by atoms with Gasteiger partial charge >= 0.3 is 5.69 Å². The van der Waals surface area contributed by atoms with E-state index in [0.29, 0.717) is 11.3 Å². The van der Waals surface area contributed by atoms with Crippen LogP contribution in [0.3, 0.4) is 0 Å². The number of amides is 1. The van der Waals surface area contributed by atoms with Gasteiger partial charge in [-0.15, -0.1) is 0 Å². The smallest absolute Gasteiger partial charge is 0.311 e. The largest absolute Gasteiger partial charge is 0.490 e. The molecule has 0 aliphatic carbocycles. The summed E-state index contributed by atoms with van der Waals surface area (Å²) in [7, 11) is 1.33. The first kappa shape index (κ1) is 18.7. The molecule has 7 nitrogen and oxygen atoms in total. The summed E-state index contributed by atoms with van der Waals surface area (Å²) in [5, 5.41) is 23.0. The molecule has 0 spiro atoms. The monoisotopic (exact) mass is 351 g/mol. The zero-order chi connectivity index (χ0) is 19.3. The minimum absolute atomic E-state index is 0.102. The molecule has 0 saturated heterocycles. The van der Waals surface area contributed by atoms with Crippen LogP contribution in [0, 0.1) is 35.3 Å². The number of carbonyl (C=O) groups excluding carboxylic acids is 1. The number of nitro benzene ring substituents is 1. The van der Waals surface area contributed by atoms with Crippen molar-refractivity contribution in [3.63, 3.8) is 0 Å².